The van der Waals surface area contributed by atoms with Crippen LogP contribution in [-0.2, 0) is 26.6 Å². The second kappa shape index (κ2) is 6.61. The number of rotatable bonds is 3. The average Bonchev–Trinajstić information content (AvgIpc) is 3.27. The van der Waals surface area contributed by atoms with Gasteiger partial charge in [-0.3, -0.25) is 9.36 Å². The maximum absolute atomic E-state index is 13.1. The summed E-state index contributed by atoms with van der Waals surface area (Å²) in [4.78, 5) is 27.1. The molecule has 27 heavy (non-hydrogen) atoms. The Hall–Kier alpha value is -3.03. The lowest BCUT2D eigenvalue weighted by atomic mass is 10.2. The predicted octanol–water partition coefficient (Wildman–Crippen LogP) is 1.34. The molecule has 1 aliphatic rings. The van der Waals surface area contributed by atoms with Gasteiger partial charge in [0.05, 0.1) is 18.4 Å². The molecule has 0 N–H and O–H groups in total. The summed E-state index contributed by atoms with van der Waals surface area (Å²) < 4.78 is 10.5. The zero-order chi connectivity index (χ0) is 19.1. The quantitative estimate of drug-likeness (QED) is 0.698. The Labute approximate surface area is 156 Å². The van der Waals surface area contributed by atoms with E-state index in [0.29, 0.717) is 38.2 Å². The molecule has 0 spiro atoms. The highest BCUT2D eigenvalue weighted by molar-refractivity contribution is 5.95. The molecule has 0 aromatic carbocycles. The van der Waals surface area contributed by atoms with Crippen molar-refractivity contribution in [3.05, 3.63) is 63.5 Å². The molecule has 1 aliphatic heterocycles. The van der Waals surface area contributed by atoms with Crippen LogP contribution in [0.4, 0.5) is 0 Å². The van der Waals surface area contributed by atoms with Crippen LogP contribution in [0.25, 0.3) is 0 Å². The van der Waals surface area contributed by atoms with Crippen molar-refractivity contribution < 1.29 is 9.21 Å². The highest BCUT2D eigenvalue weighted by Gasteiger charge is 2.25. The normalized spacial score (nSPS) is 14.3. The number of carbonyl (C=O) groups excluding carboxylic acids is 1. The Kier molecular flexibility index (Phi) is 4.25. The van der Waals surface area contributed by atoms with Gasteiger partial charge in [-0.15, -0.1) is 0 Å². The molecule has 8 heteroatoms. The van der Waals surface area contributed by atoms with Crippen LogP contribution >= 0.6 is 0 Å². The average molecular weight is 369 g/mol. The minimum absolute atomic E-state index is 0.00336. The van der Waals surface area contributed by atoms with E-state index >= 15 is 0 Å². The fourth-order valence-electron chi connectivity index (χ4n) is 3.72. The van der Waals surface area contributed by atoms with E-state index in [9.17, 15) is 9.59 Å². The van der Waals surface area contributed by atoms with Crippen LogP contribution in [0.3, 0.4) is 0 Å². The highest BCUT2D eigenvalue weighted by Crippen LogP contribution is 2.20. The summed E-state index contributed by atoms with van der Waals surface area (Å²) >= 11 is 0. The summed E-state index contributed by atoms with van der Waals surface area (Å²) in [5.74, 6) is 1.59. The number of nitrogens with zero attached hydrogens (tertiary/aromatic N) is 5. The van der Waals surface area contributed by atoms with E-state index in [1.807, 2.05) is 36.9 Å². The van der Waals surface area contributed by atoms with Crippen LogP contribution in [0.15, 0.2) is 33.7 Å². The summed E-state index contributed by atoms with van der Waals surface area (Å²) in [6, 6.07) is 5.72. The van der Waals surface area contributed by atoms with E-state index in [2.05, 4.69) is 9.67 Å². The lowest BCUT2D eigenvalue weighted by Crippen LogP contribution is -2.35. The van der Waals surface area contributed by atoms with Gasteiger partial charge in [-0.1, -0.05) is 0 Å². The Bertz CT molecular complexity index is 1040. The molecule has 0 radical (unpaired) electrons. The third kappa shape index (κ3) is 3.01. The van der Waals surface area contributed by atoms with Gasteiger partial charge < -0.3 is 13.9 Å². The number of aryl methyl sites for hydroxylation is 2. The molecule has 142 valence electrons. The maximum Gasteiger partial charge on any atom is 0.345 e. The molecule has 4 rings (SSSR count). The number of fused-ring (bicyclic) bond motifs is 1. The molecule has 0 unspecified atom stereocenters. The van der Waals surface area contributed by atoms with Crippen molar-refractivity contribution in [2.75, 3.05) is 13.1 Å². The Balaban J connectivity index is 1.56. The van der Waals surface area contributed by atoms with Crippen LogP contribution in [0.2, 0.25) is 0 Å². The van der Waals surface area contributed by atoms with Gasteiger partial charge in [0.15, 0.2) is 0 Å². The van der Waals surface area contributed by atoms with E-state index in [0.717, 1.165) is 23.0 Å². The molecule has 0 fully saturated rings. The van der Waals surface area contributed by atoms with Gasteiger partial charge in [0.2, 0.25) is 0 Å². The van der Waals surface area contributed by atoms with E-state index in [1.54, 1.807) is 17.9 Å². The molecule has 8 nitrogen and oxygen atoms in total. The molecule has 0 bridgehead atoms. The van der Waals surface area contributed by atoms with Crippen molar-refractivity contribution in [3.63, 3.8) is 0 Å². The number of hydrogen-bond acceptors (Lipinski definition) is 4. The monoisotopic (exact) mass is 369 g/mol. The first-order valence-corrected chi connectivity index (χ1v) is 9.07. The largest absolute Gasteiger partial charge is 0.467 e. The summed E-state index contributed by atoms with van der Waals surface area (Å²) in [6.07, 6.45) is 2.23. The first-order valence-electron chi connectivity index (χ1n) is 9.07. The highest BCUT2D eigenvalue weighted by atomic mass is 16.3. The minimum Gasteiger partial charge on any atom is -0.467 e. The van der Waals surface area contributed by atoms with Crippen molar-refractivity contribution in [2.45, 2.75) is 33.4 Å². The topological polar surface area (TPSA) is 78.2 Å². The van der Waals surface area contributed by atoms with Gasteiger partial charge in [0.25, 0.3) is 5.91 Å². The second-order valence-electron chi connectivity index (χ2n) is 6.97. The van der Waals surface area contributed by atoms with Crippen LogP contribution < -0.4 is 5.69 Å². The first kappa shape index (κ1) is 17.4. The molecular formula is C19H23N5O3. The van der Waals surface area contributed by atoms with Crippen molar-refractivity contribution in [2.24, 2.45) is 7.05 Å². The number of amides is 1. The SMILES string of the molecule is Cc1cc(C(=O)N2CCc3nn(C)c(=O)n3CC2)c(C)n1Cc1ccco1. The molecule has 3 aromatic rings. The summed E-state index contributed by atoms with van der Waals surface area (Å²) in [6.45, 7) is 6.08. The van der Waals surface area contributed by atoms with Gasteiger partial charge in [-0.25, -0.2) is 9.48 Å². The van der Waals surface area contributed by atoms with Crippen LogP contribution in [-0.4, -0.2) is 42.8 Å². The summed E-state index contributed by atoms with van der Waals surface area (Å²) in [7, 11) is 1.65. The van der Waals surface area contributed by atoms with E-state index in [1.165, 1.54) is 4.68 Å². The fourth-order valence-corrected chi connectivity index (χ4v) is 3.72. The smallest absolute Gasteiger partial charge is 0.345 e. The molecule has 3 aromatic heterocycles. The molecule has 4 heterocycles. The van der Waals surface area contributed by atoms with Gasteiger partial charge >= 0.3 is 5.69 Å². The van der Waals surface area contributed by atoms with Crippen molar-refractivity contribution in [1.29, 1.82) is 0 Å². The van der Waals surface area contributed by atoms with Crippen molar-refractivity contribution >= 4 is 5.91 Å². The van der Waals surface area contributed by atoms with Gasteiger partial charge in [0, 0.05) is 44.5 Å². The van der Waals surface area contributed by atoms with Crippen LogP contribution in [0.5, 0.6) is 0 Å². The van der Waals surface area contributed by atoms with Crippen LogP contribution in [0, 0.1) is 13.8 Å². The molecular weight excluding hydrogens is 346 g/mol. The third-order valence-electron chi connectivity index (χ3n) is 5.27. The predicted molar refractivity (Wildman–Crippen MR) is 98.8 cm³/mol. The molecule has 1 amide bonds. The van der Waals surface area contributed by atoms with Gasteiger partial charge in [-0.05, 0) is 32.0 Å². The van der Waals surface area contributed by atoms with E-state index < -0.39 is 0 Å². The Morgan fingerprint density at radius 2 is 2.07 bits per heavy atom. The lowest BCUT2D eigenvalue weighted by Gasteiger charge is -2.20. The minimum atomic E-state index is -0.129. The lowest BCUT2D eigenvalue weighted by molar-refractivity contribution is 0.0757. The number of carbonyl (C=O) groups is 1. The van der Waals surface area contributed by atoms with E-state index in [-0.39, 0.29) is 11.6 Å². The molecule has 0 saturated carbocycles. The number of furan rings is 1. The third-order valence-corrected chi connectivity index (χ3v) is 5.27. The first-order chi connectivity index (χ1) is 13.0. The fraction of sp³-hybridized carbons (Fsp3) is 0.421. The van der Waals surface area contributed by atoms with Crippen LogP contribution in [0.1, 0.15) is 33.3 Å². The second-order valence-corrected chi connectivity index (χ2v) is 6.97. The molecule has 0 saturated heterocycles. The maximum atomic E-state index is 13.1. The zero-order valence-electron chi connectivity index (χ0n) is 15.8. The number of hydrogen-bond donors (Lipinski definition) is 0. The summed E-state index contributed by atoms with van der Waals surface area (Å²) in [5, 5.41) is 4.27. The summed E-state index contributed by atoms with van der Waals surface area (Å²) in [5.41, 5.74) is 2.51. The Morgan fingerprint density at radius 1 is 1.26 bits per heavy atom. The van der Waals surface area contributed by atoms with Crippen molar-refractivity contribution in [1.82, 2.24) is 23.8 Å². The standard InChI is InChI=1S/C19H23N5O3/c1-13-11-16(14(2)24(13)12-15-5-4-10-27-15)18(25)22-7-6-17-20-21(3)19(26)23(17)9-8-22/h4-5,10-11H,6-9,12H2,1-3H3. The zero-order valence-corrected chi connectivity index (χ0v) is 15.8. The number of aromatic nitrogens is 4. The van der Waals surface area contributed by atoms with Gasteiger partial charge in [-0.2, -0.15) is 5.10 Å². The van der Waals surface area contributed by atoms with E-state index in [4.69, 9.17) is 4.42 Å². The van der Waals surface area contributed by atoms with Crippen molar-refractivity contribution in [3.8, 4) is 0 Å². The molecule has 0 aliphatic carbocycles. The molecule has 0 atom stereocenters. The Morgan fingerprint density at radius 3 is 2.81 bits per heavy atom. The van der Waals surface area contributed by atoms with Gasteiger partial charge in [0.1, 0.15) is 11.6 Å².